The Morgan fingerprint density at radius 1 is 1.15 bits per heavy atom. The summed E-state index contributed by atoms with van der Waals surface area (Å²) in [7, 11) is 1.31. The number of rotatable bonds is 7. The summed E-state index contributed by atoms with van der Waals surface area (Å²) in [5.41, 5.74) is 10.3. The molecule has 0 aliphatic rings. The number of benzene rings is 2. The highest BCUT2D eigenvalue weighted by molar-refractivity contribution is 6.03. The molecule has 0 aliphatic carbocycles. The van der Waals surface area contributed by atoms with E-state index in [2.05, 4.69) is 10.4 Å². The Balaban J connectivity index is 1.92. The van der Waals surface area contributed by atoms with Gasteiger partial charge in [0.1, 0.15) is 28.6 Å². The van der Waals surface area contributed by atoms with Gasteiger partial charge in [-0.15, -0.1) is 0 Å². The molecule has 0 aliphatic heterocycles. The molecule has 1 aromatic heterocycles. The minimum absolute atomic E-state index is 0.0623. The van der Waals surface area contributed by atoms with Gasteiger partial charge in [0, 0.05) is 23.7 Å². The summed E-state index contributed by atoms with van der Waals surface area (Å²) >= 11 is 0. The van der Waals surface area contributed by atoms with Crippen LogP contribution in [0.2, 0.25) is 0 Å². The van der Waals surface area contributed by atoms with Gasteiger partial charge in [0.25, 0.3) is 11.8 Å². The van der Waals surface area contributed by atoms with E-state index < -0.39 is 35.8 Å². The van der Waals surface area contributed by atoms with Gasteiger partial charge >= 0.3 is 0 Å². The van der Waals surface area contributed by atoms with Crippen LogP contribution in [0.1, 0.15) is 46.2 Å². The molecule has 33 heavy (non-hydrogen) atoms. The number of carbonyl (C=O) groups is 2. The van der Waals surface area contributed by atoms with E-state index in [1.807, 2.05) is 0 Å². The van der Waals surface area contributed by atoms with Gasteiger partial charge < -0.3 is 21.5 Å². The molecule has 2 aromatic carbocycles. The third-order valence-corrected chi connectivity index (χ3v) is 4.95. The van der Waals surface area contributed by atoms with Gasteiger partial charge in [0.05, 0.1) is 12.7 Å². The number of aromatic nitrogens is 2. The summed E-state index contributed by atoms with van der Waals surface area (Å²) in [4.78, 5) is 24.3. The maximum absolute atomic E-state index is 15.0. The molecule has 0 bridgehead atoms. The Hall–Kier alpha value is -4.02. The molecular formula is C22H22F3N5O3. The van der Waals surface area contributed by atoms with Crippen molar-refractivity contribution in [1.29, 1.82) is 0 Å². The molecule has 5 N–H and O–H groups in total. The molecule has 0 radical (unpaired) electrons. The highest BCUT2D eigenvalue weighted by atomic mass is 19.2. The average Bonchev–Trinajstić information content (AvgIpc) is 3.11. The lowest BCUT2D eigenvalue weighted by atomic mass is 10.0. The van der Waals surface area contributed by atoms with Crippen LogP contribution in [0.3, 0.4) is 0 Å². The fourth-order valence-corrected chi connectivity index (χ4v) is 3.31. The first-order valence-corrected chi connectivity index (χ1v) is 9.83. The SMILES string of the molecule is COc1ccc(F)cc1C(=O)NCc1ccc(-c2nn(C(C)C)c(N)c2C(N)=O)c(F)c1F. The van der Waals surface area contributed by atoms with Crippen molar-refractivity contribution in [2.75, 3.05) is 12.8 Å². The average molecular weight is 461 g/mol. The van der Waals surface area contributed by atoms with E-state index in [1.165, 1.54) is 30.0 Å². The Bertz CT molecular complexity index is 1240. The molecule has 11 heteroatoms. The van der Waals surface area contributed by atoms with E-state index in [1.54, 1.807) is 13.8 Å². The highest BCUT2D eigenvalue weighted by Gasteiger charge is 2.26. The zero-order valence-electron chi connectivity index (χ0n) is 18.1. The van der Waals surface area contributed by atoms with E-state index in [0.717, 1.165) is 12.1 Å². The van der Waals surface area contributed by atoms with Gasteiger partial charge in [-0.1, -0.05) is 6.07 Å². The molecule has 2 amide bonds. The molecule has 8 nitrogen and oxygen atoms in total. The van der Waals surface area contributed by atoms with Crippen molar-refractivity contribution in [2.24, 2.45) is 5.73 Å². The molecule has 0 spiro atoms. The number of nitrogens with two attached hydrogens (primary N) is 2. The van der Waals surface area contributed by atoms with E-state index >= 15 is 0 Å². The van der Waals surface area contributed by atoms with E-state index in [9.17, 15) is 22.8 Å². The van der Waals surface area contributed by atoms with Crippen LogP contribution in [0, 0.1) is 17.5 Å². The van der Waals surface area contributed by atoms with Gasteiger partial charge in [-0.3, -0.25) is 9.59 Å². The van der Waals surface area contributed by atoms with Crippen LogP contribution in [0.4, 0.5) is 19.0 Å². The van der Waals surface area contributed by atoms with Crippen LogP contribution in [0.15, 0.2) is 30.3 Å². The summed E-state index contributed by atoms with van der Waals surface area (Å²) in [5.74, 6) is -4.83. The highest BCUT2D eigenvalue weighted by Crippen LogP contribution is 2.32. The van der Waals surface area contributed by atoms with E-state index in [-0.39, 0.29) is 45.6 Å². The van der Waals surface area contributed by atoms with Crippen molar-refractivity contribution in [3.8, 4) is 17.0 Å². The maximum atomic E-state index is 15.0. The first-order chi connectivity index (χ1) is 15.6. The minimum atomic E-state index is -1.29. The predicted molar refractivity (Wildman–Crippen MR) is 115 cm³/mol. The number of amides is 2. The lowest BCUT2D eigenvalue weighted by molar-refractivity contribution is 0.0945. The molecule has 0 saturated carbocycles. The maximum Gasteiger partial charge on any atom is 0.255 e. The summed E-state index contributed by atoms with van der Waals surface area (Å²) < 4.78 is 49.6. The summed E-state index contributed by atoms with van der Waals surface area (Å²) in [5, 5.41) is 6.53. The molecule has 3 rings (SSSR count). The number of ether oxygens (including phenoxy) is 1. The van der Waals surface area contributed by atoms with E-state index in [0.29, 0.717) is 0 Å². The van der Waals surface area contributed by atoms with Crippen LogP contribution in [0.5, 0.6) is 5.75 Å². The quantitative estimate of drug-likeness (QED) is 0.498. The number of halogens is 3. The fraction of sp³-hybridized carbons (Fsp3) is 0.227. The van der Waals surface area contributed by atoms with Crippen molar-refractivity contribution in [3.63, 3.8) is 0 Å². The first-order valence-electron chi connectivity index (χ1n) is 9.83. The van der Waals surface area contributed by atoms with Crippen molar-refractivity contribution in [3.05, 3.63) is 64.5 Å². The topological polar surface area (TPSA) is 125 Å². The zero-order chi connectivity index (χ0) is 24.4. The summed E-state index contributed by atoms with van der Waals surface area (Å²) in [6, 6.07) is 5.54. The summed E-state index contributed by atoms with van der Waals surface area (Å²) in [6.07, 6.45) is 0. The number of hydrogen-bond acceptors (Lipinski definition) is 5. The predicted octanol–water partition coefficient (Wildman–Crippen LogP) is 3.17. The van der Waals surface area contributed by atoms with Crippen LogP contribution in [0.25, 0.3) is 11.3 Å². The molecule has 0 saturated heterocycles. The van der Waals surface area contributed by atoms with Gasteiger partial charge in [0.15, 0.2) is 11.6 Å². The number of nitrogens with one attached hydrogen (secondary N) is 1. The monoisotopic (exact) mass is 461 g/mol. The summed E-state index contributed by atoms with van der Waals surface area (Å²) in [6.45, 7) is 3.09. The smallest absolute Gasteiger partial charge is 0.255 e. The lowest BCUT2D eigenvalue weighted by Crippen LogP contribution is -2.24. The number of methoxy groups -OCH3 is 1. The number of primary amides is 1. The van der Waals surface area contributed by atoms with Crippen molar-refractivity contribution in [1.82, 2.24) is 15.1 Å². The van der Waals surface area contributed by atoms with Crippen molar-refractivity contribution in [2.45, 2.75) is 26.4 Å². The second-order valence-electron chi connectivity index (χ2n) is 7.44. The van der Waals surface area contributed by atoms with Gasteiger partial charge in [0.2, 0.25) is 0 Å². The standard InChI is InChI=1S/C22H22F3N5O3/c1-10(2)30-20(26)16(21(27)31)19(29-30)13-6-4-11(17(24)18(13)25)9-28-22(32)14-8-12(23)5-7-15(14)33-3/h4-8,10H,9,26H2,1-3H3,(H2,27,31)(H,28,32). The number of hydrogen-bond donors (Lipinski definition) is 3. The van der Waals surface area contributed by atoms with Crippen LogP contribution < -0.4 is 21.5 Å². The molecule has 174 valence electrons. The first kappa shape index (κ1) is 23.6. The number of nitrogens with zero attached hydrogens (tertiary/aromatic N) is 2. The number of nitrogen functional groups attached to an aromatic ring is 1. The number of carbonyl (C=O) groups excluding carboxylic acids is 2. The third-order valence-electron chi connectivity index (χ3n) is 4.95. The van der Waals surface area contributed by atoms with Gasteiger partial charge in [-0.05, 0) is 38.1 Å². The molecule has 0 fully saturated rings. The van der Waals surface area contributed by atoms with Crippen molar-refractivity contribution >= 4 is 17.6 Å². The Kier molecular flexibility index (Phi) is 6.61. The largest absolute Gasteiger partial charge is 0.496 e. The lowest BCUT2D eigenvalue weighted by Gasteiger charge is -2.11. The van der Waals surface area contributed by atoms with Crippen LogP contribution in [-0.4, -0.2) is 28.7 Å². The zero-order valence-corrected chi connectivity index (χ0v) is 18.1. The van der Waals surface area contributed by atoms with E-state index in [4.69, 9.17) is 16.2 Å². The third kappa shape index (κ3) is 4.47. The normalized spacial score (nSPS) is 11.0. The van der Waals surface area contributed by atoms with Gasteiger partial charge in [-0.25, -0.2) is 17.9 Å². The Labute approximate surface area is 187 Å². The minimum Gasteiger partial charge on any atom is -0.496 e. The van der Waals surface area contributed by atoms with Crippen molar-refractivity contribution < 1.29 is 27.5 Å². The van der Waals surface area contributed by atoms with Crippen LogP contribution >= 0.6 is 0 Å². The number of anilines is 1. The van der Waals surface area contributed by atoms with Gasteiger partial charge in [-0.2, -0.15) is 5.10 Å². The van der Waals surface area contributed by atoms with Crippen LogP contribution in [-0.2, 0) is 6.54 Å². The second-order valence-corrected chi connectivity index (χ2v) is 7.44. The molecule has 0 unspecified atom stereocenters. The Morgan fingerprint density at radius 3 is 2.45 bits per heavy atom. The molecule has 0 atom stereocenters. The Morgan fingerprint density at radius 2 is 1.85 bits per heavy atom. The molecular weight excluding hydrogens is 439 g/mol. The molecule has 3 aromatic rings. The molecule has 1 heterocycles. The fourth-order valence-electron chi connectivity index (χ4n) is 3.31. The second kappa shape index (κ2) is 9.23.